The van der Waals surface area contributed by atoms with Gasteiger partial charge in [-0.15, -0.1) is 0 Å². The summed E-state index contributed by atoms with van der Waals surface area (Å²) in [4.78, 5) is 25.3. The van der Waals surface area contributed by atoms with Gasteiger partial charge in [0.2, 0.25) is 5.91 Å². The van der Waals surface area contributed by atoms with E-state index < -0.39 is 11.4 Å². The fourth-order valence-corrected chi connectivity index (χ4v) is 3.17. The van der Waals surface area contributed by atoms with Crippen LogP contribution in [-0.2, 0) is 16.0 Å². The molecule has 1 heterocycles. The van der Waals surface area contributed by atoms with E-state index >= 15 is 0 Å². The number of carbonyl (C=O) groups excluding carboxylic acids is 1. The molecule has 1 aliphatic rings. The van der Waals surface area contributed by atoms with Crippen LogP contribution in [0.4, 0.5) is 4.39 Å². The van der Waals surface area contributed by atoms with Crippen LogP contribution in [0.15, 0.2) is 22.7 Å². The number of amides is 1. The molecule has 1 aromatic carbocycles. The summed E-state index contributed by atoms with van der Waals surface area (Å²) in [5.74, 6) is -1.52. The number of nitrogens with zero attached hydrogens (tertiary/aromatic N) is 1. The average Bonchev–Trinajstić information content (AvgIpc) is 2.86. The predicted molar refractivity (Wildman–Crippen MR) is 83.9 cm³/mol. The zero-order valence-electron chi connectivity index (χ0n) is 12.6. The van der Waals surface area contributed by atoms with Crippen molar-refractivity contribution in [3.63, 3.8) is 0 Å². The normalized spacial score (nSPS) is 22.6. The predicted octanol–water partition coefficient (Wildman–Crippen LogP) is 3.09. The van der Waals surface area contributed by atoms with Gasteiger partial charge in [0.15, 0.2) is 0 Å². The van der Waals surface area contributed by atoms with Gasteiger partial charge in [-0.1, -0.05) is 13.0 Å². The lowest BCUT2D eigenvalue weighted by Gasteiger charge is -2.23. The van der Waals surface area contributed by atoms with Gasteiger partial charge in [0.25, 0.3) is 0 Å². The number of carboxylic acid groups (broad SMARTS) is 1. The van der Waals surface area contributed by atoms with Crippen molar-refractivity contribution in [2.24, 2.45) is 11.3 Å². The maximum absolute atomic E-state index is 13.2. The van der Waals surface area contributed by atoms with E-state index in [2.05, 4.69) is 15.9 Å². The minimum absolute atomic E-state index is 0.0505. The topological polar surface area (TPSA) is 57.6 Å². The molecule has 0 unspecified atom stereocenters. The standard InChI is InChI=1S/C16H19BrFNO3/c1-10(7-11-3-4-13(18)12(17)8-11)14(20)19-6-5-16(2,9-19)15(21)22/h3-4,8,10H,5-7,9H2,1-2H3,(H,21,22)/t10-,16+/m1/s1. The Hall–Kier alpha value is -1.43. The van der Waals surface area contributed by atoms with Crippen molar-refractivity contribution < 1.29 is 19.1 Å². The van der Waals surface area contributed by atoms with E-state index in [1.54, 1.807) is 24.0 Å². The number of halogens is 2. The van der Waals surface area contributed by atoms with E-state index in [-0.39, 0.29) is 24.2 Å². The second-order valence-corrected chi connectivity index (χ2v) is 7.08. The molecule has 120 valence electrons. The zero-order valence-corrected chi connectivity index (χ0v) is 14.2. The van der Waals surface area contributed by atoms with Gasteiger partial charge in [0.05, 0.1) is 9.89 Å². The van der Waals surface area contributed by atoms with Crippen LogP contribution in [-0.4, -0.2) is 35.0 Å². The Kier molecular flexibility index (Phi) is 4.90. The first-order chi connectivity index (χ1) is 10.2. The highest BCUT2D eigenvalue weighted by Crippen LogP contribution is 2.31. The molecular formula is C16H19BrFNO3. The molecule has 6 heteroatoms. The molecule has 2 atom stereocenters. The summed E-state index contributed by atoms with van der Waals surface area (Å²) in [6.45, 7) is 4.21. The number of carboxylic acids is 1. The van der Waals surface area contributed by atoms with Gasteiger partial charge in [-0.25, -0.2) is 4.39 Å². The highest BCUT2D eigenvalue weighted by molar-refractivity contribution is 9.10. The molecule has 0 spiro atoms. The summed E-state index contributed by atoms with van der Waals surface area (Å²) in [5, 5.41) is 9.22. The molecule has 22 heavy (non-hydrogen) atoms. The number of carbonyl (C=O) groups is 2. The summed E-state index contributed by atoms with van der Waals surface area (Å²) >= 11 is 3.13. The second-order valence-electron chi connectivity index (χ2n) is 6.23. The summed E-state index contributed by atoms with van der Waals surface area (Å²) in [5.41, 5.74) is 0.0168. The minimum atomic E-state index is -0.863. The summed E-state index contributed by atoms with van der Waals surface area (Å²) in [7, 11) is 0. The second kappa shape index (κ2) is 6.36. The maximum atomic E-state index is 13.2. The molecule has 0 aliphatic carbocycles. The van der Waals surface area contributed by atoms with Crippen molar-refractivity contribution >= 4 is 27.8 Å². The van der Waals surface area contributed by atoms with Crippen molar-refractivity contribution in [1.82, 2.24) is 4.90 Å². The third kappa shape index (κ3) is 3.48. The fraction of sp³-hybridized carbons (Fsp3) is 0.500. The molecule has 0 aromatic heterocycles. The number of hydrogen-bond donors (Lipinski definition) is 1. The fourth-order valence-electron chi connectivity index (χ4n) is 2.74. The Balaban J connectivity index is 2.01. The zero-order chi connectivity index (χ0) is 16.5. The van der Waals surface area contributed by atoms with Gasteiger partial charge in [-0.3, -0.25) is 9.59 Å². The highest BCUT2D eigenvalue weighted by Gasteiger charge is 2.42. The number of hydrogen-bond acceptors (Lipinski definition) is 2. The SMILES string of the molecule is C[C@H](Cc1ccc(F)c(Br)c1)C(=O)N1CC[C@](C)(C(=O)O)C1. The van der Waals surface area contributed by atoms with Gasteiger partial charge in [-0.05, 0) is 53.4 Å². The maximum Gasteiger partial charge on any atom is 0.311 e. The van der Waals surface area contributed by atoms with Crippen molar-refractivity contribution in [2.75, 3.05) is 13.1 Å². The molecule has 1 N–H and O–H groups in total. The number of benzene rings is 1. The molecule has 1 amide bonds. The molecule has 0 radical (unpaired) electrons. The van der Waals surface area contributed by atoms with Gasteiger partial charge in [0.1, 0.15) is 5.82 Å². The van der Waals surface area contributed by atoms with Crippen LogP contribution in [0.3, 0.4) is 0 Å². The number of rotatable bonds is 4. The van der Waals surface area contributed by atoms with Gasteiger partial charge in [-0.2, -0.15) is 0 Å². The van der Waals surface area contributed by atoms with Crippen LogP contribution in [0.2, 0.25) is 0 Å². The first kappa shape index (κ1) is 16.9. The molecule has 4 nitrogen and oxygen atoms in total. The minimum Gasteiger partial charge on any atom is -0.481 e. The molecule has 1 aliphatic heterocycles. The lowest BCUT2D eigenvalue weighted by atomic mass is 9.90. The van der Waals surface area contributed by atoms with Crippen LogP contribution in [0.5, 0.6) is 0 Å². The van der Waals surface area contributed by atoms with E-state index in [4.69, 9.17) is 0 Å². The van der Waals surface area contributed by atoms with Gasteiger partial charge >= 0.3 is 5.97 Å². The Morgan fingerprint density at radius 2 is 2.18 bits per heavy atom. The molecule has 1 aromatic rings. The monoisotopic (exact) mass is 371 g/mol. The molecule has 1 fully saturated rings. The van der Waals surface area contributed by atoms with Crippen LogP contribution >= 0.6 is 15.9 Å². The number of likely N-dealkylation sites (tertiary alicyclic amines) is 1. The third-order valence-corrected chi connectivity index (χ3v) is 4.86. The van der Waals surface area contributed by atoms with E-state index in [9.17, 15) is 19.1 Å². The van der Waals surface area contributed by atoms with Crippen molar-refractivity contribution in [2.45, 2.75) is 26.7 Å². The Morgan fingerprint density at radius 1 is 1.50 bits per heavy atom. The van der Waals surface area contributed by atoms with E-state index in [0.29, 0.717) is 23.9 Å². The van der Waals surface area contributed by atoms with Crippen LogP contribution in [0.25, 0.3) is 0 Å². The number of aliphatic carboxylic acids is 1. The molecular weight excluding hydrogens is 353 g/mol. The van der Waals surface area contributed by atoms with E-state index in [1.165, 1.54) is 6.07 Å². The van der Waals surface area contributed by atoms with E-state index in [1.807, 2.05) is 6.92 Å². The molecule has 0 saturated carbocycles. The lowest BCUT2D eigenvalue weighted by molar-refractivity contribution is -0.147. The Labute approximate surface area is 137 Å². The van der Waals surface area contributed by atoms with Crippen LogP contribution < -0.4 is 0 Å². The van der Waals surface area contributed by atoms with Crippen molar-refractivity contribution in [3.8, 4) is 0 Å². The van der Waals surface area contributed by atoms with Crippen LogP contribution in [0, 0.1) is 17.2 Å². The Morgan fingerprint density at radius 3 is 2.73 bits per heavy atom. The molecule has 0 bridgehead atoms. The Bertz CT molecular complexity index is 607. The smallest absolute Gasteiger partial charge is 0.311 e. The first-order valence-electron chi connectivity index (χ1n) is 7.19. The third-order valence-electron chi connectivity index (χ3n) is 4.25. The highest BCUT2D eigenvalue weighted by atomic mass is 79.9. The van der Waals surface area contributed by atoms with Gasteiger partial charge in [0, 0.05) is 19.0 Å². The molecule has 2 rings (SSSR count). The summed E-state index contributed by atoms with van der Waals surface area (Å²) < 4.78 is 13.6. The average molecular weight is 372 g/mol. The largest absolute Gasteiger partial charge is 0.481 e. The van der Waals surface area contributed by atoms with Crippen molar-refractivity contribution in [1.29, 1.82) is 0 Å². The summed E-state index contributed by atoms with van der Waals surface area (Å²) in [6, 6.07) is 4.70. The van der Waals surface area contributed by atoms with E-state index in [0.717, 1.165) is 5.56 Å². The quantitative estimate of drug-likeness (QED) is 0.884. The molecule has 1 saturated heterocycles. The van der Waals surface area contributed by atoms with Gasteiger partial charge < -0.3 is 10.0 Å². The first-order valence-corrected chi connectivity index (χ1v) is 7.98. The lowest BCUT2D eigenvalue weighted by Crippen LogP contribution is -2.37. The van der Waals surface area contributed by atoms with Crippen molar-refractivity contribution in [3.05, 3.63) is 34.1 Å². The summed E-state index contributed by atoms with van der Waals surface area (Å²) in [6.07, 6.45) is 0.973. The van der Waals surface area contributed by atoms with Crippen LogP contribution in [0.1, 0.15) is 25.8 Å².